The van der Waals surface area contributed by atoms with Crippen molar-refractivity contribution >= 4 is 34.5 Å². The van der Waals surface area contributed by atoms with Crippen molar-refractivity contribution in [1.29, 1.82) is 0 Å². The predicted molar refractivity (Wildman–Crippen MR) is 117 cm³/mol. The molecule has 0 aliphatic heterocycles. The van der Waals surface area contributed by atoms with E-state index in [1.54, 1.807) is 36.6 Å². The lowest BCUT2D eigenvalue weighted by atomic mass is 10.0. The van der Waals surface area contributed by atoms with Gasteiger partial charge in [-0.15, -0.1) is 11.3 Å². The van der Waals surface area contributed by atoms with Crippen molar-refractivity contribution in [2.75, 3.05) is 12.4 Å². The van der Waals surface area contributed by atoms with Crippen LogP contribution in [-0.2, 0) is 4.79 Å². The van der Waals surface area contributed by atoms with E-state index < -0.39 is 6.04 Å². The number of ether oxygens (including phenoxy) is 1. The van der Waals surface area contributed by atoms with Gasteiger partial charge in [-0.1, -0.05) is 47.5 Å². The Kier molecular flexibility index (Phi) is 6.73. The number of aryl methyl sites for hydroxylation is 1. The topological polar surface area (TPSA) is 50.4 Å². The molecule has 146 valence electrons. The van der Waals surface area contributed by atoms with Gasteiger partial charge < -0.3 is 10.1 Å². The van der Waals surface area contributed by atoms with Gasteiger partial charge in [-0.05, 0) is 49.1 Å². The Labute approximate surface area is 174 Å². The summed E-state index contributed by atoms with van der Waals surface area (Å²) in [6, 6.07) is 17.1. The molecular formula is C22H23ClN2O2S. The fraction of sp³-hybridized carbons (Fsp3) is 0.227. The van der Waals surface area contributed by atoms with Gasteiger partial charge in [0, 0.05) is 9.90 Å². The van der Waals surface area contributed by atoms with Gasteiger partial charge in [0.15, 0.2) is 0 Å². The predicted octanol–water partition coefficient (Wildman–Crippen LogP) is 5.42. The molecule has 6 heteroatoms. The first-order valence-corrected chi connectivity index (χ1v) is 10.2. The van der Waals surface area contributed by atoms with E-state index in [9.17, 15) is 4.79 Å². The van der Waals surface area contributed by atoms with Crippen molar-refractivity contribution < 1.29 is 9.53 Å². The summed E-state index contributed by atoms with van der Waals surface area (Å²) in [4.78, 5) is 14.0. The van der Waals surface area contributed by atoms with E-state index in [1.807, 2.05) is 18.4 Å². The summed E-state index contributed by atoms with van der Waals surface area (Å²) < 4.78 is 5.31. The van der Waals surface area contributed by atoms with E-state index in [1.165, 1.54) is 5.56 Å². The summed E-state index contributed by atoms with van der Waals surface area (Å²) in [5, 5.41) is 8.93. The standard InChI is InChI=1S/C22H23ClN2O2S/c1-14-6-8-16(9-7-14)21(20-5-4-12-28-20)24-15(2)22(26)25-18-13-17(23)10-11-19(18)27-3/h4-13,15,21,24H,1-3H3,(H,25,26)/t15-,21+/m0/s1. The van der Waals surface area contributed by atoms with Crippen molar-refractivity contribution in [2.45, 2.75) is 25.9 Å². The van der Waals surface area contributed by atoms with Gasteiger partial charge in [0.2, 0.25) is 5.91 Å². The van der Waals surface area contributed by atoms with Gasteiger partial charge in [-0.25, -0.2) is 0 Å². The van der Waals surface area contributed by atoms with Gasteiger partial charge in [0.05, 0.1) is 24.9 Å². The second-order valence-electron chi connectivity index (χ2n) is 6.58. The zero-order valence-electron chi connectivity index (χ0n) is 16.0. The van der Waals surface area contributed by atoms with Crippen LogP contribution in [0, 0.1) is 6.92 Å². The van der Waals surface area contributed by atoms with E-state index in [4.69, 9.17) is 16.3 Å². The highest BCUT2D eigenvalue weighted by Gasteiger charge is 2.22. The van der Waals surface area contributed by atoms with Crippen LogP contribution in [0.1, 0.15) is 29.0 Å². The average Bonchev–Trinajstić information content (AvgIpc) is 3.21. The van der Waals surface area contributed by atoms with Crippen molar-refractivity contribution in [3.8, 4) is 5.75 Å². The number of rotatable bonds is 7. The second-order valence-corrected chi connectivity index (χ2v) is 8.00. The van der Waals surface area contributed by atoms with Crippen LogP contribution in [0.3, 0.4) is 0 Å². The lowest BCUT2D eigenvalue weighted by molar-refractivity contribution is -0.117. The Hall–Kier alpha value is -2.34. The fourth-order valence-electron chi connectivity index (χ4n) is 2.90. The average molecular weight is 415 g/mol. The number of hydrogen-bond donors (Lipinski definition) is 2. The Morgan fingerprint density at radius 1 is 1.14 bits per heavy atom. The molecule has 1 aromatic heterocycles. The Balaban J connectivity index is 1.78. The number of thiophene rings is 1. The molecule has 3 aromatic rings. The SMILES string of the molecule is COc1ccc(Cl)cc1NC(=O)[C@H](C)N[C@H](c1ccc(C)cc1)c1cccs1. The van der Waals surface area contributed by atoms with Crippen LogP contribution in [0.5, 0.6) is 5.75 Å². The largest absolute Gasteiger partial charge is 0.495 e. The molecule has 0 spiro atoms. The van der Waals surface area contributed by atoms with Crippen LogP contribution >= 0.6 is 22.9 Å². The number of nitrogens with one attached hydrogen (secondary N) is 2. The smallest absolute Gasteiger partial charge is 0.241 e. The van der Waals surface area contributed by atoms with E-state index in [-0.39, 0.29) is 11.9 Å². The van der Waals surface area contributed by atoms with Crippen LogP contribution < -0.4 is 15.4 Å². The molecule has 0 bridgehead atoms. The molecule has 0 aliphatic carbocycles. The van der Waals surface area contributed by atoms with E-state index >= 15 is 0 Å². The lowest BCUT2D eigenvalue weighted by Crippen LogP contribution is -2.40. The molecule has 3 rings (SSSR count). The molecule has 0 fully saturated rings. The summed E-state index contributed by atoms with van der Waals surface area (Å²) >= 11 is 7.72. The molecule has 0 radical (unpaired) electrons. The minimum atomic E-state index is -0.433. The molecule has 28 heavy (non-hydrogen) atoms. The van der Waals surface area contributed by atoms with Crippen molar-refractivity contribution in [2.24, 2.45) is 0 Å². The quantitative estimate of drug-likeness (QED) is 0.542. The number of anilines is 1. The molecule has 1 amide bonds. The van der Waals surface area contributed by atoms with Gasteiger partial charge in [-0.3, -0.25) is 10.1 Å². The highest BCUT2D eigenvalue weighted by atomic mass is 35.5. The maximum absolute atomic E-state index is 12.8. The number of benzene rings is 2. The molecule has 0 aliphatic rings. The van der Waals surface area contributed by atoms with Crippen LogP contribution in [0.2, 0.25) is 5.02 Å². The van der Waals surface area contributed by atoms with Gasteiger partial charge in [0.25, 0.3) is 0 Å². The number of amides is 1. The van der Waals surface area contributed by atoms with Crippen LogP contribution in [0.15, 0.2) is 60.0 Å². The number of hydrogen-bond acceptors (Lipinski definition) is 4. The zero-order chi connectivity index (χ0) is 20.1. The number of carbonyl (C=O) groups excluding carboxylic acids is 1. The molecule has 1 heterocycles. The summed E-state index contributed by atoms with van der Waals surface area (Å²) in [7, 11) is 1.56. The molecule has 2 atom stereocenters. The Bertz CT molecular complexity index is 926. The van der Waals surface area contributed by atoms with Crippen LogP contribution in [0.25, 0.3) is 0 Å². The van der Waals surface area contributed by atoms with Gasteiger partial charge in [0.1, 0.15) is 5.75 Å². The lowest BCUT2D eigenvalue weighted by Gasteiger charge is -2.23. The second kappa shape index (κ2) is 9.24. The highest BCUT2D eigenvalue weighted by Crippen LogP contribution is 2.29. The molecule has 4 nitrogen and oxygen atoms in total. The van der Waals surface area contributed by atoms with Gasteiger partial charge in [-0.2, -0.15) is 0 Å². The maximum Gasteiger partial charge on any atom is 0.241 e. The minimum Gasteiger partial charge on any atom is -0.495 e. The molecule has 2 N–H and O–H groups in total. The van der Waals surface area contributed by atoms with Gasteiger partial charge >= 0.3 is 0 Å². The monoisotopic (exact) mass is 414 g/mol. The van der Waals surface area contributed by atoms with E-state index in [0.717, 1.165) is 10.4 Å². The third-order valence-corrected chi connectivity index (χ3v) is 5.64. The normalized spacial score (nSPS) is 13.0. The number of halogens is 1. The summed E-state index contributed by atoms with van der Waals surface area (Å²) in [6.45, 7) is 3.91. The summed E-state index contributed by atoms with van der Waals surface area (Å²) in [5.41, 5.74) is 2.87. The number of carbonyl (C=O) groups is 1. The first-order valence-electron chi connectivity index (χ1n) is 8.98. The van der Waals surface area contributed by atoms with Crippen molar-refractivity contribution in [1.82, 2.24) is 5.32 Å². The zero-order valence-corrected chi connectivity index (χ0v) is 17.6. The maximum atomic E-state index is 12.8. The molecule has 0 saturated carbocycles. The molecule has 2 aromatic carbocycles. The van der Waals surface area contributed by atoms with Crippen LogP contribution in [-0.4, -0.2) is 19.1 Å². The molecular weight excluding hydrogens is 392 g/mol. The van der Waals surface area contributed by atoms with Crippen molar-refractivity contribution in [3.05, 3.63) is 81.0 Å². The third-order valence-electron chi connectivity index (χ3n) is 4.47. The first kappa shape index (κ1) is 20.4. The summed E-state index contributed by atoms with van der Waals surface area (Å²) in [6.07, 6.45) is 0. The summed E-state index contributed by atoms with van der Waals surface area (Å²) in [5.74, 6) is 0.410. The minimum absolute atomic E-state index is 0.0670. The van der Waals surface area contributed by atoms with Crippen molar-refractivity contribution in [3.63, 3.8) is 0 Å². The number of methoxy groups -OCH3 is 1. The van der Waals surface area contributed by atoms with Crippen LogP contribution in [0.4, 0.5) is 5.69 Å². The first-order chi connectivity index (χ1) is 13.5. The molecule has 0 saturated heterocycles. The molecule has 0 unspecified atom stereocenters. The third kappa shape index (κ3) is 4.93. The highest BCUT2D eigenvalue weighted by molar-refractivity contribution is 7.10. The van der Waals surface area contributed by atoms with E-state index in [2.05, 4.69) is 47.9 Å². The Morgan fingerprint density at radius 2 is 1.89 bits per heavy atom. The Morgan fingerprint density at radius 3 is 2.54 bits per heavy atom. The fourth-order valence-corrected chi connectivity index (χ4v) is 3.89. The van der Waals surface area contributed by atoms with E-state index in [0.29, 0.717) is 16.5 Å².